The number of fused-ring (bicyclic) bond motifs is 1. The monoisotopic (exact) mass is 328 g/mol. The second kappa shape index (κ2) is 5.89. The van der Waals surface area contributed by atoms with Gasteiger partial charge in [-0.2, -0.15) is 14.9 Å². The number of imidazole rings is 1. The number of nitriles is 1. The molecule has 0 saturated heterocycles. The summed E-state index contributed by atoms with van der Waals surface area (Å²) in [6.45, 7) is 4.03. The first-order chi connectivity index (χ1) is 11.1. The zero-order valence-corrected chi connectivity index (χ0v) is 14.1. The fourth-order valence-corrected chi connectivity index (χ4v) is 3.26. The third-order valence-electron chi connectivity index (χ3n) is 3.51. The van der Waals surface area contributed by atoms with Crippen molar-refractivity contribution in [3.63, 3.8) is 0 Å². The number of nitrogens with zero attached hydrogens (tertiary/aromatic N) is 4. The van der Waals surface area contributed by atoms with E-state index in [0.29, 0.717) is 17.2 Å². The lowest BCUT2D eigenvalue weighted by Crippen LogP contribution is -1.95. The Labute approximate surface area is 137 Å². The minimum absolute atomic E-state index is 0.183. The van der Waals surface area contributed by atoms with E-state index in [1.54, 1.807) is 18.7 Å². The average molecular weight is 328 g/mol. The molecule has 2 aromatic heterocycles. The molecule has 6 nitrogen and oxygen atoms in total. The molecule has 0 aliphatic rings. The molecule has 0 N–H and O–H groups in total. The smallest absolute Gasteiger partial charge is 0.213 e. The van der Waals surface area contributed by atoms with E-state index in [1.807, 2.05) is 32.0 Å². The molecule has 23 heavy (non-hydrogen) atoms. The largest absolute Gasteiger partial charge is 0.493 e. The highest BCUT2D eigenvalue weighted by Crippen LogP contribution is 2.35. The second-order valence-corrected chi connectivity index (χ2v) is 6.24. The summed E-state index contributed by atoms with van der Waals surface area (Å²) in [4.78, 5) is 5.26. The van der Waals surface area contributed by atoms with Gasteiger partial charge in [0.1, 0.15) is 11.1 Å². The molecule has 0 aliphatic carbocycles. The Morgan fingerprint density at radius 1 is 1.22 bits per heavy atom. The lowest BCUT2D eigenvalue weighted by atomic mass is 10.1. The molecule has 1 aromatic carbocycles. The fourth-order valence-electron chi connectivity index (χ4n) is 2.36. The highest BCUT2D eigenvalue weighted by Gasteiger charge is 2.19. The van der Waals surface area contributed by atoms with Crippen LogP contribution in [0.15, 0.2) is 18.2 Å². The van der Waals surface area contributed by atoms with Gasteiger partial charge in [-0.25, -0.2) is 4.98 Å². The Hall–Kier alpha value is -2.59. The van der Waals surface area contributed by atoms with Crippen molar-refractivity contribution in [3.05, 3.63) is 29.6 Å². The van der Waals surface area contributed by atoms with Crippen LogP contribution < -0.4 is 9.47 Å². The van der Waals surface area contributed by atoms with Gasteiger partial charge in [0.25, 0.3) is 0 Å². The van der Waals surface area contributed by atoms with E-state index >= 15 is 0 Å². The lowest BCUT2D eigenvalue weighted by molar-refractivity contribution is 0.355. The summed E-state index contributed by atoms with van der Waals surface area (Å²) >= 11 is 1.44. The standard InChI is InChI=1S/C16H16N4O2S/c1-9(2)14-11(8-17)20-16(18-14)23-15(19-20)10-5-6-12(21-3)13(7-10)22-4/h5-7,9H,1-4H3. The van der Waals surface area contributed by atoms with E-state index in [1.165, 1.54) is 11.3 Å². The summed E-state index contributed by atoms with van der Waals surface area (Å²) in [5, 5.41) is 14.7. The van der Waals surface area contributed by atoms with Crippen LogP contribution in [0.2, 0.25) is 0 Å². The minimum atomic E-state index is 0.183. The van der Waals surface area contributed by atoms with Gasteiger partial charge in [-0.3, -0.25) is 0 Å². The number of rotatable bonds is 4. The predicted octanol–water partition coefficient (Wildman–Crippen LogP) is 3.47. The molecule has 0 fully saturated rings. The van der Waals surface area contributed by atoms with Crippen LogP contribution in [0, 0.1) is 11.3 Å². The van der Waals surface area contributed by atoms with Crippen molar-refractivity contribution in [2.45, 2.75) is 19.8 Å². The van der Waals surface area contributed by atoms with Crippen molar-refractivity contribution in [3.8, 4) is 28.1 Å². The summed E-state index contributed by atoms with van der Waals surface area (Å²) in [7, 11) is 3.20. The molecule has 0 spiro atoms. The maximum atomic E-state index is 9.40. The summed E-state index contributed by atoms with van der Waals surface area (Å²) in [6.07, 6.45) is 0. The summed E-state index contributed by atoms with van der Waals surface area (Å²) in [6, 6.07) is 7.82. The van der Waals surface area contributed by atoms with E-state index in [2.05, 4.69) is 16.2 Å². The first kappa shape index (κ1) is 15.3. The van der Waals surface area contributed by atoms with Gasteiger partial charge in [0.15, 0.2) is 17.2 Å². The van der Waals surface area contributed by atoms with E-state index in [9.17, 15) is 5.26 Å². The Kier molecular flexibility index (Phi) is 3.92. The molecule has 0 atom stereocenters. The van der Waals surface area contributed by atoms with Crippen LogP contribution >= 0.6 is 11.3 Å². The van der Waals surface area contributed by atoms with E-state index in [-0.39, 0.29) is 5.92 Å². The number of hydrogen-bond donors (Lipinski definition) is 0. The fraction of sp³-hybridized carbons (Fsp3) is 0.312. The van der Waals surface area contributed by atoms with Gasteiger partial charge in [-0.15, -0.1) is 0 Å². The molecule has 0 unspecified atom stereocenters. The Morgan fingerprint density at radius 2 is 1.96 bits per heavy atom. The molecule has 7 heteroatoms. The van der Waals surface area contributed by atoms with Crippen LogP contribution in [0.5, 0.6) is 11.5 Å². The molecule has 118 valence electrons. The van der Waals surface area contributed by atoms with Gasteiger partial charge in [-0.05, 0) is 24.1 Å². The maximum absolute atomic E-state index is 9.40. The minimum Gasteiger partial charge on any atom is -0.493 e. The molecular formula is C16H16N4O2S. The van der Waals surface area contributed by atoms with Gasteiger partial charge in [0.2, 0.25) is 4.96 Å². The second-order valence-electron chi connectivity index (χ2n) is 5.28. The normalized spacial score (nSPS) is 11.0. The van der Waals surface area contributed by atoms with Crippen molar-refractivity contribution in [2.24, 2.45) is 0 Å². The molecule has 0 bridgehead atoms. The number of aromatic nitrogens is 3. The molecular weight excluding hydrogens is 312 g/mol. The molecule has 3 rings (SSSR count). The molecule has 3 aromatic rings. The third kappa shape index (κ3) is 2.51. The van der Waals surface area contributed by atoms with Crippen LogP contribution in [0.1, 0.15) is 31.2 Å². The molecule has 0 aliphatic heterocycles. The molecule has 2 heterocycles. The van der Waals surface area contributed by atoms with Gasteiger partial charge in [-0.1, -0.05) is 25.2 Å². The van der Waals surface area contributed by atoms with Crippen molar-refractivity contribution in [1.82, 2.24) is 14.6 Å². The molecule has 0 amide bonds. The number of hydrogen-bond acceptors (Lipinski definition) is 6. The maximum Gasteiger partial charge on any atom is 0.213 e. The number of ether oxygens (including phenoxy) is 2. The van der Waals surface area contributed by atoms with Gasteiger partial charge >= 0.3 is 0 Å². The number of methoxy groups -OCH3 is 2. The Morgan fingerprint density at radius 3 is 2.57 bits per heavy atom. The van der Waals surface area contributed by atoms with E-state index in [4.69, 9.17) is 9.47 Å². The van der Waals surface area contributed by atoms with Gasteiger partial charge in [0.05, 0.1) is 19.9 Å². The molecule has 0 saturated carbocycles. The quantitative estimate of drug-likeness (QED) is 0.733. The average Bonchev–Trinajstić information content (AvgIpc) is 3.11. The highest BCUT2D eigenvalue weighted by molar-refractivity contribution is 7.19. The zero-order chi connectivity index (χ0) is 16.6. The van der Waals surface area contributed by atoms with Crippen LogP contribution in [-0.2, 0) is 0 Å². The summed E-state index contributed by atoms with van der Waals surface area (Å²) < 4.78 is 12.2. The summed E-state index contributed by atoms with van der Waals surface area (Å²) in [5.41, 5.74) is 2.18. The Bertz CT molecular complexity index is 905. The number of benzene rings is 1. The van der Waals surface area contributed by atoms with Crippen LogP contribution in [0.3, 0.4) is 0 Å². The topological polar surface area (TPSA) is 72.4 Å². The first-order valence-corrected chi connectivity index (χ1v) is 7.92. The third-order valence-corrected chi connectivity index (χ3v) is 4.47. The predicted molar refractivity (Wildman–Crippen MR) is 88.2 cm³/mol. The zero-order valence-electron chi connectivity index (χ0n) is 13.3. The summed E-state index contributed by atoms with van der Waals surface area (Å²) in [5.74, 6) is 1.49. The first-order valence-electron chi connectivity index (χ1n) is 7.11. The van der Waals surface area contributed by atoms with Crippen LogP contribution in [-0.4, -0.2) is 28.8 Å². The van der Waals surface area contributed by atoms with Gasteiger partial charge in [0, 0.05) is 5.56 Å². The van der Waals surface area contributed by atoms with Gasteiger partial charge < -0.3 is 9.47 Å². The van der Waals surface area contributed by atoms with Crippen LogP contribution in [0.4, 0.5) is 0 Å². The van der Waals surface area contributed by atoms with Crippen molar-refractivity contribution in [1.29, 1.82) is 5.26 Å². The van der Waals surface area contributed by atoms with E-state index < -0.39 is 0 Å². The van der Waals surface area contributed by atoms with Crippen LogP contribution in [0.25, 0.3) is 15.5 Å². The van der Waals surface area contributed by atoms with Crippen molar-refractivity contribution < 1.29 is 9.47 Å². The highest BCUT2D eigenvalue weighted by atomic mass is 32.1. The van der Waals surface area contributed by atoms with Crippen molar-refractivity contribution >= 4 is 16.3 Å². The molecule has 0 radical (unpaired) electrons. The van der Waals surface area contributed by atoms with E-state index in [0.717, 1.165) is 21.2 Å². The van der Waals surface area contributed by atoms with Crippen molar-refractivity contribution in [2.75, 3.05) is 14.2 Å². The Balaban J connectivity index is 2.11. The SMILES string of the molecule is COc1ccc(-c2nn3c(C#N)c(C(C)C)nc3s2)cc1OC. The lowest BCUT2D eigenvalue weighted by Gasteiger charge is -2.07.